The van der Waals surface area contributed by atoms with Crippen LogP contribution in [0.15, 0.2) is 224 Å². The van der Waals surface area contributed by atoms with E-state index in [1.165, 1.54) is 12.1 Å². The number of benzene rings is 9. The minimum Gasteiger partial charge on any atom is -0.388 e. The quantitative estimate of drug-likeness (QED) is 0.134. The summed E-state index contributed by atoms with van der Waals surface area (Å²) in [4.78, 5) is 0. The summed E-state index contributed by atoms with van der Waals surface area (Å²) in [5, 5.41) is 26.6. The van der Waals surface area contributed by atoms with Crippen molar-refractivity contribution >= 4 is 67.7 Å². The van der Waals surface area contributed by atoms with Crippen molar-refractivity contribution in [3.63, 3.8) is 0 Å². The van der Waals surface area contributed by atoms with E-state index in [0.717, 1.165) is 64.5 Å². The topological polar surface area (TPSA) is 74.6 Å². The summed E-state index contributed by atoms with van der Waals surface area (Å²) in [6.07, 6.45) is -9.22. The minimum atomic E-state index is -4.68. The van der Waals surface area contributed by atoms with Crippen LogP contribution in [0.1, 0.15) is 18.1 Å². The molecule has 9 aromatic carbocycles. The number of fused-ring (bicyclic) bond motifs is 2. The second-order valence-corrected chi connectivity index (χ2v) is 20.6. The second-order valence-electron chi connectivity index (χ2n) is 15.1. The van der Waals surface area contributed by atoms with Crippen molar-refractivity contribution in [2.75, 3.05) is 0 Å². The van der Waals surface area contributed by atoms with Gasteiger partial charge in [-0.05, 0) is 39.2 Å². The Bertz CT molecular complexity index is 2800. The van der Waals surface area contributed by atoms with Gasteiger partial charge in [-0.3, -0.25) is 0 Å². The summed E-state index contributed by atoms with van der Waals surface area (Å²) in [5.74, 6) is 0. The number of aliphatic hydroxyl groups is 2. The summed E-state index contributed by atoms with van der Waals surface area (Å²) in [7, 11) is -6.94. The van der Waals surface area contributed by atoms with Gasteiger partial charge in [-0.2, -0.15) is 13.2 Å². The molecular weight excluding hydrogens is 983 g/mol. The van der Waals surface area contributed by atoms with Crippen molar-refractivity contribution < 1.29 is 81.9 Å². The first-order chi connectivity index (χ1) is 30.5. The Hall–Kier alpha value is -4.75. The number of rotatable bonds is 10. The molecule has 64 heavy (non-hydrogen) atoms. The Morgan fingerprint density at radius 1 is 0.406 bits per heavy atom. The molecule has 321 valence electrons. The van der Waals surface area contributed by atoms with Gasteiger partial charge in [0, 0.05) is 98.8 Å². The van der Waals surface area contributed by atoms with Gasteiger partial charge in [-0.1, -0.05) is 212 Å². The van der Waals surface area contributed by atoms with E-state index in [2.05, 4.69) is 36.4 Å². The molecule has 0 fully saturated rings. The number of halogens is 3. The van der Waals surface area contributed by atoms with Crippen molar-refractivity contribution in [3.8, 4) is 11.1 Å². The summed E-state index contributed by atoms with van der Waals surface area (Å²) in [6.45, 7) is 0. The average Bonchev–Trinajstić information content (AvgIpc) is 3.34. The van der Waals surface area contributed by atoms with Gasteiger partial charge in [0.2, 0.25) is 0 Å². The summed E-state index contributed by atoms with van der Waals surface area (Å²) >= 11 is 0. The molecule has 0 amide bonds. The zero-order valence-corrected chi connectivity index (χ0v) is 38.6. The van der Waals surface area contributed by atoms with Crippen LogP contribution < -0.4 is 31.8 Å². The molecule has 1 radical (unpaired) electrons. The molecule has 2 N–H and O–H groups in total. The minimum absolute atomic E-state index is 0. The molecule has 0 aliphatic carbocycles. The van der Waals surface area contributed by atoms with Crippen LogP contribution in [0, 0.1) is 49.4 Å². The molecule has 0 aromatic heterocycles. The van der Waals surface area contributed by atoms with Crippen LogP contribution in [0.25, 0.3) is 32.7 Å². The van der Waals surface area contributed by atoms with Gasteiger partial charge in [0.15, 0.2) is 20.4 Å². The first-order valence-electron chi connectivity index (χ1n) is 20.5. The molecule has 10 heteroatoms. The van der Waals surface area contributed by atoms with Crippen molar-refractivity contribution in [2.24, 2.45) is 0 Å². The fourth-order valence-corrected chi connectivity index (χ4v) is 13.9. The fourth-order valence-electron chi connectivity index (χ4n) is 8.13. The maximum atomic E-state index is 16.2. The van der Waals surface area contributed by atoms with Gasteiger partial charge in [0.1, 0.15) is 0 Å². The van der Waals surface area contributed by atoms with Crippen LogP contribution in [0.3, 0.4) is 0 Å². The SMILES string of the molecule is O=P(c1ccccc1)(c1ccccc1)c1ccc2ccccc2c1-c1c(P(=O)(c2ccccc2)c2ccccc2)ccc2ccccc12.OC(CC(O)C(F)(F)F)c1ccccc1.[Eu]. The standard InChI is InChI=1S/C44H32O2P2.C10H11F3O2.Eu/c45-47(35-19-5-1-6-20-35,36-21-7-2-8-22-36)41-31-29-33-17-13-15-27-39(33)43(41)44-40-28-16-14-18-34(40)30-32-42(44)48(46,37-23-9-3-10-24-37)38-25-11-4-12-26-38;11-10(12,13)9(15)6-8(14)7-4-2-1-3-5-7;/h1-32H;1-5,8-9,14-15H,6H2;. The zero-order valence-electron chi connectivity index (χ0n) is 34.3. The van der Waals surface area contributed by atoms with Crippen LogP contribution in [-0.2, 0) is 9.13 Å². The molecule has 0 saturated carbocycles. The monoisotopic (exact) mass is 1030 g/mol. The van der Waals surface area contributed by atoms with Gasteiger partial charge in [-0.15, -0.1) is 0 Å². The molecule has 2 unspecified atom stereocenters. The average molecular weight is 1030 g/mol. The Morgan fingerprint density at radius 3 is 1.03 bits per heavy atom. The third-order valence-electron chi connectivity index (χ3n) is 11.2. The smallest absolute Gasteiger partial charge is 0.388 e. The van der Waals surface area contributed by atoms with E-state index in [9.17, 15) is 18.3 Å². The maximum Gasteiger partial charge on any atom is 0.414 e. The Kier molecular flexibility index (Phi) is 15.2. The van der Waals surface area contributed by atoms with Crippen LogP contribution in [0.5, 0.6) is 0 Å². The molecular formula is C54H43EuF3O4P2. The van der Waals surface area contributed by atoms with Gasteiger partial charge in [0.25, 0.3) is 0 Å². The van der Waals surface area contributed by atoms with Gasteiger partial charge >= 0.3 is 6.18 Å². The van der Waals surface area contributed by atoms with E-state index < -0.39 is 39.1 Å². The zero-order chi connectivity index (χ0) is 44.0. The predicted octanol–water partition coefficient (Wildman–Crippen LogP) is 11.0. The van der Waals surface area contributed by atoms with Gasteiger partial charge < -0.3 is 19.3 Å². The Labute approximate surface area is 411 Å². The molecule has 0 heterocycles. The van der Waals surface area contributed by atoms with Crippen molar-refractivity contribution in [1.82, 2.24) is 0 Å². The number of aliphatic hydroxyl groups excluding tert-OH is 2. The molecule has 0 bridgehead atoms. The maximum absolute atomic E-state index is 16.2. The van der Waals surface area contributed by atoms with Crippen LogP contribution in [0.4, 0.5) is 13.2 Å². The largest absolute Gasteiger partial charge is 0.414 e. The van der Waals surface area contributed by atoms with Crippen LogP contribution in [0.2, 0.25) is 0 Å². The molecule has 9 aromatic rings. The number of alkyl halides is 3. The first-order valence-corrected chi connectivity index (χ1v) is 23.9. The first kappa shape index (κ1) is 47.2. The summed E-state index contributed by atoms with van der Waals surface area (Å²) in [5.41, 5.74) is 2.06. The molecule has 0 aliphatic heterocycles. The summed E-state index contributed by atoms with van der Waals surface area (Å²) < 4.78 is 68.3. The Morgan fingerprint density at radius 2 is 0.703 bits per heavy atom. The third-order valence-corrected chi connectivity index (χ3v) is 17.4. The molecule has 0 saturated heterocycles. The predicted molar refractivity (Wildman–Crippen MR) is 254 cm³/mol. The van der Waals surface area contributed by atoms with E-state index >= 15 is 9.13 Å². The van der Waals surface area contributed by atoms with Crippen molar-refractivity contribution in [2.45, 2.75) is 24.8 Å². The van der Waals surface area contributed by atoms with Gasteiger partial charge in [-0.25, -0.2) is 0 Å². The fraction of sp³-hybridized carbons (Fsp3) is 0.0741. The Balaban J connectivity index is 0.000000328. The van der Waals surface area contributed by atoms with E-state index in [4.69, 9.17) is 5.11 Å². The van der Waals surface area contributed by atoms with E-state index in [0.29, 0.717) is 5.56 Å². The van der Waals surface area contributed by atoms with Crippen LogP contribution in [-0.4, -0.2) is 22.5 Å². The van der Waals surface area contributed by atoms with Crippen LogP contribution >= 0.6 is 14.3 Å². The van der Waals surface area contributed by atoms with E-state index in [1.54, 1.807) is 18.2 Å². The van der Waals surface area contributed by atoms with Crippen molar-refractivity contribution in [1.29, 1.82) is 0 Å². The van der Waals surface area contributed by atoms with E-state index in [-0.39, 0.29) is 49.4 Å². The molecule has 0 aliphatic rings. The van der Waals surface area contributed by atoms with Gasteiger partial charge in [0.05, 0.1) is 6.10 Å². The second kappa shape index (κ2) is 20.6. The molecule has 9 rings (SSSR count). The molecule has 0 spiro atoms. The number of hydrogen-bond acceptors (Lipinski definition) is 4. The number of hydrogen-bond donors (Lipinski definition) is 2. The molecule has 4 nitrogen and oxygen atoms in total. The molecule has 2 atom stereocenters. The van der Waals surface area contributed by atoms with E-state index in [1.807, 2.05) is 158 Å². The normalized spacial score (nSPS) is 12.7. The van der Waals surface area contributed by atoms with Crippen molar-refractivity contribution in [3.05, 3.63) is 230 Å². The summed E-state index contributed by atoms with van der Waals surface area (Å²) in [6, 6.07) is 71.9. The third kappa shape index (κ3) is 9.62.